The summed E-state index contributed by atoms with van der Waals surface area (Å²) in [4.78, 5) is 4.62. The number of hydrogen-bond donors (Lipinski definition) is 0. The number of allylic oxidation sites excluding steroid dienone is 4. The molecule has 3 aromatic rings. The quantitative estimate of drug-likeness (QED) is 0.562. The highest BCUT2D eigenvalue weighted by molar-refractivity contribution is 5.85. The summed E-state index contributed by atoms with van der Waals surface area (Å²) < 4.78 is 5.93. The van der Waals surface area contributed by atoms with E-state index in [1.54, 1.807) is 0 Å². The van der Waals surface area contributed by atoms with Crippen molar-refractivity contribution < 1.29 is 4.42 Å². The van der Waals surface area contributed by atoms with Crippen LogP contribution < -0.4 is 0 Å². The first kappa shape index (κ1) is 14.3. The van der Waals surface area contributed by atoms with Crippen LogP contribution in [0, 0.1) is 0 Å². The molecule has 2 nitrogen and oxygen atoms in total. The lowest BCUT2D eigenvalue weighted by molar-refractivity contribution is 0.619. The maximum absolute atomic E-state index is 5.93. The highest BCUT2D eigenvalue weighted by atomic mass is 16.3. The molecule has 0 amide bonds. The second-order valence-electron chi connectivity index (χ2n) is 5.09. The van der Waals surface area contributed by atoms with E-state index in [0.717, 1.165) is 28.6 Å². The summed E-state index contributed by atoms with van der Waals surface area (Å²) in [5.41, 5.74) is 5.05. The number of hydrogen-bond acceptors (Lipinski definition) is 2. The second kappa shape index (κ2) is 6.44. The molecular formula is C20H19NO. The molecule has 0 N–H and O–H groups in total. The van der Waals surface area contributed by atoms with Gasteiger partial charge in [-0.1, -0.05) is 55.5 Å². The predicted molar refractivity (Wildman–Crippen MR) is 92.5 cm³/mol. The molecule has 0 atom stereocenters. The molecule has 0 bridgehead atoms. The Hall–Kier alpha value is -2.61. The Morgan fingerprint density at radius 2 is 1.86 bits per heavy atom. The van der Waals surface area contributed by atoms with Crippen LogP contribution in [0.3, 0.4) is 0 Å². The van der Waals surface area contributed by atoms with Crippen molar-refractivity contribution in [1.29, 1.82) is 0 Å². The average Bonchev–Trinajstić information content (AvgIpc) is 3.00. The van der Waals surface area contributed by atoms with E-state index in [0.29, 0.717) is 5.89 Å². The van der Waals surface area contributed by atoms with E-state index in [1.165, 1.54) is 5.57 Å². The van der Waals surface area contributed by atoms with Crippen molar-refractivity contribution in [3.05, 3.63) is 72.3 Å². The van der Waals surface area contributed by atoms with Crippen LogP contribution in [-0.2, 0) is 0 Å². The Kier molecular flexibility index (Phi) is 4.19. The fourth-order valence-electron chi connectivity index (χ4n) is 2.50. The van der Waals surface area contributed by atoms with Gasteiger partial charge in [0.1, 0.15) is 5.52 Å². The molecule has 1 heterocycles. The largest absolute Gasteiger partial charge is 0.436 e. The molecule has 0 aliphatic heterocycles. The minimum Gasteiger partial charge on any atom is -0.436 e. The zero-order valence-corrected chi connectivity index (χ0v) is 12.9. The van der Waals surface area contributed by atoms with Gasteiger partial charge in [0.2, 0.25) is 5.89 Å². The first-order valence-corrected chi connectivity index (χ1v) is 7.61. The Bertz CT molecular complexity index is 807. The summed E-state index contributed by atoms with van der Waals surface area (Å²) in [6, 6.07) is 16.1. The molecule has 110 valence electrons. The average molecular weight is 289 g/mol. The van der Waals surface area contributed by atoms with E-state index < -0.39 is 0 Å². The molecule has 0 saturated carbocycles. The van der Waals surface area contributed by atoms with E-state index >= 15 is 0 Å². The van der Waals surface area contributed by atoms with Crippen molar-refractivity contribution in [3.63, 3.8) is 0 Å². The summed E-state index contributed by atoms with van der Waals surface area (Å²) in [6.07, 6.45) is 7.45. The minimum atomic E-state index is 0.668. The highest BCUT2D eigenvalue weighted by Gasteiger charge is 2.13. The number of aromatic nitrogens is 1. The zero-order valence-electron chi connectivity index (χ0n) is 12.9. The third kappa shape index (κ3) is 2.73. The van der Waals surface area contributed by atoms with Crippen LogP contribution >= 0.6 is 0 Å². The molecule has 0 fully saturated rings. The lowest BCUT2D eigenvalue weighted by Crippen LogP contribution is -1.88. The monoisotopic (exact) mass is 289 g/mol. The van der Waals surface area contributed by atoms with Gasteiger partial charge in [-0.3, -0.25) is 0 Å². The zero-order chi connectivity index (χ0) is 15.4. The SMILES string of the molecule is CC=C(C=CCC)c1ccccc1-c1nc2ccccc2o1. The van der Waals surface area contributed by atoms with Gasteiger partial charge in [-0.05, 0) is 42.7 Å². The maximum atomic E-state index is 5.93. The van der Waals surface area contributed by atoms with Gasteiger partial charge in [-0.2, -0.15) is 0 Å². The Morgan fingerprint density at radius 1 is 1.09 bits per heavy atom. The summed E-state index contributed by atoms with van der Waals surface area (Å²) in [7, 11) is 0. The van der Waals surface area contributed by atoms with Crippen molar-refractivity contribution >= 4 is 16.7 Å². The van der Waals surface area contributed by atoms with E-state index in [9.17, 15) is 0 Å². The summed E-state index contributed by atoms with van der Waals surface area (Å²) in [5, 5.41) is 0. The van der Waals surface area contributed by atoms with E-state index in [1.807, 2.05) is 36.4 Å². The van der Waals surface area contributed by atoms with Crippen molar-refractivity contribution in [3.8, 4) is 11.5 Å². The fraction of sp³-hybridized carbons (Fsp3) is 0.150. The first-order chi connectivity index (χ1) is 10.8. The normalized spacial score (nSPS) is 12.4. The van der Waals surface area contributed by atoms with Crippen LogP contribution in [0.2, 0.25) is 0 Å². The van der Waals surface area contributed by atoms with Gasteiger partial charge in [-0.25, -0.2) is 4.98 Å². The first-order valence-electron chi connectivity index (χ1n) is 7.61. The standard InChI is InChI=1S/C20H19NO/c1-3-5-10-15(4-2)16-11-6-7-12-17(16)20-21-18-13-8-9-14-19(18)22-20/h4-14H,3H2,1-2H3. The van der Waals surface area contributed by atoms with Gasteiger partial charge in [0.15, 0.2) is 5.58 Å². The number of para-hydroxylation sites is 2. The fourth-order valence-corrected chi connectivity index (χ4v) is 2.50. The molecule has 0 aliphatic carbocycles. The highest BCUT2D eigenvalue weighted by Crippen LogP contribution is 2.31. The molecule has 0 saturated heterocycles. The summed E-state index contributed by atoms with van der Waals surface area (Å²) in [6.45, 7) is 4.19. The maximum Gasteiger partial charge on any atom is 0.227 e. The van der Waals surface area contributed by atoms with Crippen LogP contribution in [0.4, 0.5) is 0 Å². The van der Waals surface area contributed by atoms with Crippen LogP contribution in [0.25, 0.3) is 28.1 Å². The third-order valence-corrected chi connectivity index (χ3v) is 3.61. The topological polar surface area (TPSA) is 26.0 Å². The van der Waals surface area contributed by atoms with E-state index in [2.05, 4.69) is 49.2 Å². The molecule has 0 radical (unpaired) electrons. The second-order valence-corrected chi connectivity index (χ2v) is 5.09. The molecule has 2 heteroatoms. The van der Waals surface area contributed by atoms with Crippen molar-refractivity contribution in [2.45, 2.75) is 20.3 Å². The molecule has 0 spiro atoms. The smallest absolute Gasteiger partial charge is 0.227 e. The number of oxazole rings is 1. The lowest BCUT2D eigenvalue weighted by Gasteiger charge is -2.07. The third-order valence-electron chi connectivity index (χ3n) is 3.61. The molecular weight excluding hydrogens is 270 g/mol. The van der Waals surface area contributed by atoms with Crippen LogP contribution in [-0.4, -0.2) is 4.98 Å². The van der Waals surface area contributed by atoms with Crippen molar-refractivity contribution in [2.75, 3.05) is 0 Å². The van der Waals surface area contributed by atoms with Gasteiger partial charge in [0.05, 0.1) is 0 Å². The predicted octanol–water partition coefficient (Wildman–Crippen LogP) is 5.86. The Morgan fingerprint density at radius 3 is 2.64 bits per heavy atom. The van der Waals surface area contributed by atoms with Crippen molar-refractivity contribution in [2.24, 2.45) is 0 Å². The van der Waals surface area contributed by atoms with Gasteiger partial charge < -0.3 is 4.42 Å². The molecule has 2 aromatic carbocycles. The molecule has 22 heavy (non-hydrogen) atoms. The van der Waals surface area contributed by atoms with Gasteiger partial charge >= 0.3 is 0 Å². The number of fused-ring (bicyclic) bond motifs is 1. The molecule has 3 rings (SSSR count). The molecule has 0 aliphatic rings. The Labute approximate surface area is 130 Å². The number of benzene rings is 2. The number of nitrogens with zero attached hydrogens (tertiary/aromatic N) is 1. The molecule has 1 aromatic heterocycles. The summed E-state index contributed by atoms with van der Waals surface area (Å²) >= 11 is 0. The Balaban J connectivity index is 2.13. The van der Waals surface area contributed by atoms with Crippen LogP contribution in [0.1, 0.15) is 25.8 Å². The minimum absolute atomic E-state index is 0.668. The van der Waals surface area contributed by atoms with Crippen LogP contribution in [0.15, 0.2) is 71.2 Å². The van der Waals surface area contributed by atoms with Crippen molar-refractivity contribution in [1.82, 2.24) is 4.98 Å². The lowest BCUT2D eigenvalue weighted by atomic mass is 9.99. The van der Waals surface area contributed by atoms with Gasteiger partial charge in [-0.15, -0.1) is 0 Å². The van der Waals surface area contributed by atoms with Crippen LogP contribution in [0.5, 0.6) is 0 Å². The summed E-state index contributed by atoms with van der Waals surface area (Å²) in [5.74, 6) is 0.668. The molecule has 0 unspecified atom stereocenters. The van der Waals surface area contributed by atoms with E-state index in [4.69, 9.17) is 4.42 Å². The van der Waals surface area contributed by atoms with E-state index in [-0.39, 0.29) is 0 Å². The van der Waals surface area contributed by atoms with Gasteiger partial charge in [0, 0.05) is 5.56 Å². The van der Waals surface area contributed by atoms with Gasteiger partial charge in [0.25, 0.3) is 0 Å². The number of rotatable bonds is 4.